The number of hydrogen-bond acceptors (Lipinski definition) is 4. The van der Waals surface area contributed by atoms with Crippen LogP contribution in [-0.2, 0) is 10.0 Å². The number of fused-ring (bicyclic) bond motifs is 1. The summed E-state index contributed by atoms with van der Waals surface area (Å²) in [4.78, 5) is 20.5. The number of carbonyl (C=O) groups is 1. The number of carbonyl (C=O) groups excluding carboxylic acids is 1. The predicted octanol–water partition coefficient (Wildman–Crippen LogP) is 3.13. The van der Waals surface area contributed by atoms with Crippen LogP contribution >= 0.6 is 12.2 Å². The second kappa shape index (κ2) is 7.60. The number of H-pyrrole nitrogens is 2. The van der Waals surface area contributed by atoms with E-state index in [0.717, 1.165) is 5.56 Å². The van der Waals surface area contributed by atoms with Crippen molar-refractivity contribution < 1.29 is 17.6 Å². The minimum absolute atomic E-state index is 0.169. The maximum absolute atomic E-state index is 14.0. The molecule has 0 atom stereocenters. The first kappa shape index (κ1) is 20.7. The van der Waals surface area contributed by atoms with E-state index in [4.69, 9.17) is 12.2 Å². The molecular weight excluding hydrogens is 427 g/mol. The van der Waals surface area contributed by atoms with Crippen molar-refractivity contribution >= 4 is 39.2 Å². The molecule has 7 nitrogen and oxygen atoms in total. The highest BCUT2D eigenvalue weighted by molar-refractivity contribution is 7.89. The number of nitrogens with one attached hydrogen (secondary N) is 2. The van der Waals surface area contributed by atoms with Gasteiger partial charge in [0.05, 0.1) is 21.5 Å². The quantitative estimate of drug-likeness (QED) is 0.603. The van der Waals surface area contributed by atoms with Crippen molar-refractivity contribution in [3.8, 4) is 0 Å². The lowest BCUT2D eigenvalue weighted by atomic mass is 10.1. The zero-order valence-electron chi connectivity index (χ0n) is 16.5. The third kappa shape index (κ3) is 3.66. The molecule has 0 spiro atoms. The van der Waals surface area contributed by atoms with E-state index in [9.17, 15) is 17.6 Å². The summed E-state index contributed by atoms with van der Waals surface area (Å²) in [5.41, 5.74) is 2.71. The van der Waals surface area contributed by atoms with E-state index in [-0.39, 0.29) is 42.5 Å². The van der Waals surface area contributed by atoms with Crippen molar-refractivity contribution in [3.63, 3.8) is 0 Å². The molecule has 0 aliphatic carbocycles. The molecule has 2 heterocycles. The van der Waals surface area contributed by atoms with Crippen LogP contribution in [-0.4, -0.2) is 59.7 Å². The molecular formula is C20H21FN4O3S2. The number of piperazine rings is 1. The van der Waals surface area contributed by atoms with Gasteiger partial charge in [-0.1, -0.05) is 17.7 Å². The molecule has 1 fully saturated rings. The number of imidazole rings is 1. The van der Waals surface area contributed by atoms with Gasteiger partial charge in [0.15, 0.2) is 4.77 Å². The average molecular weight is 449 g/mol. The number of aromatic amines is 2. The zero-order chi connectivity index (χ0) is 21.6. The molecule has 0 radical (unpaired) electrons. The van der Waals surface area contributed by atoms with E-state index in [1.54, 1.807) is 19.1 Å². The van der Waals surface area contributed by atoms with Crippen LogP contribution in [0.15, 0.2) is 35.2 Å². The zero-order valence-corrected chi connectivity index (χ0v) is 18.2. The maximum Gasteiger partial charge on any atom is 0.256 e. The van der Waals surface area contributed by atoms with Crippen LogP contribution in [0.2, 0.25) is 0 Å². The van der Waals surface area contributed by atoms with Crippen LogP contribution in [0.4, 0.5) is 4.39 Å². The Labute approximate surface area is 178 Å². The van der Waals surface area contributed by atoms with Gasteiger partial charge in [0.25, 0.3) is 5.91 Å². The van der Waals surface area contributed by atoms with Gasteiger partial charge in [-0.05, 0) is 49.8 Å². The summed E-state index contributed by atoms with van der Waals surface area (Å²) in [7, 11) is -3.65. The summed E-state index contributed by atoms with van der Waals surface area (Å²) in [6, 6.07) is 7.67. The highest BCUT2D eigenvalue weighted by atomic mass is 32.2. The molecule has 3 aromatic rings. The van der Waals surface area contributed by atoms with Crippen LogP contribution in [0, 0.1) is 24.4 Å². The Morgan fingerprint density at radius 2 is 1.77 bits per heavy atom. The van der Waals surface area contributed by atoms with E-state index in [2.05, 4.69) is 9.97 Å². The van der Waals surface area contributed by atoms with Crippen LogP contribution in [0.3, 0.4) is 0 Å². The van der Waals surface area contributed by atoms with Gasteiger partial charge in [0, 0.05) is 26.2 Å². The fraction of sp³-hybridized carbons (Fsp3) is 0.300. The second-order valence-electron chi connectivity index (χ2n) is 7.42. The second-order valence-corrected chi connectivity index (χ2v) is 9.73. The Balaban J connectivity index is 1.55. The lowest BCUT2D eigenvalue weighted by Gasteiger charge is -2.34. The van der Waals surface area contributed by atoms with Crippen molar-refractivity contribution in [2.24, 2.45) is 0 Å². The molecule has 10 heteroatoms. The summed E-state index contributed by atoms with van der Waals surface area (Å²) < 4.78 is 41.7. The number of rotatable bonds is 3. The van der Waals surface area contributed by atoms with Crippen LogP contribution in [0.5, 0.6) is 0 Å². The number of halogens is 1. The maximum atomic E-state index is 14.0. The molecule has 158 valence electrons. The molecule has 1 aliphatic rings. The Hall–Kier alpha value is -2.56. The van der Waals surface area contributed by atoms with E-state index in [0.29, 0.717) is 21.4 Å². The molecule has 1 aromatic heterocycles. The Morgan fingerprint density at radius 1 is 1.07 bits per heavy atom. The summed E-state index contributed by atoms with van der Waals surface area (Å²) in [6.45, 7) is 4.45. The molecule has 2 aromatic carbocycles. The molecule has 2 N–H and O–H groups in total. The molecule has 0 saturated carbocycles. The standard InChI is InChI=1S/C20H21FN4O3S2/c1-12-3-4-17(13(2)9-12)30(27,28)25-7-5-24(6-8-25)19(26)15-10-14(21)11-16-18(15)23-20(29)22-16/h3-4,9-11H,5-8H2,1-2H3,(H2,22,23,29). The SMILES string of the molecule is Cc1ccc(S(=O)(=O)N2CCN(C(=O)c3cc(F)cc4[nH]c(=S)[nH]c34)CC2)c(C)c1. The molecule has 1 saturated heterocycles. The van der Waals surface area contributed by atoms with Crippen molar-refractivity contribution in [2.45, 2.75) is 18.7 Å². The number of benzene rings is 2. The third-order valence-corrected chi connectivity index (χ3v) is 7.56. The molecule has 0 bridgehead atoms. The van der Waals surface area contributed by atoms with Gasteiger partial charge >= 0.3 is 0 Å². The first-order valence-electron chi connectivity index (χ1n) is 9.45. The number of amides is 1. The third-order valence-electron chi connectivity index (χ3n) is 5.29. The first-order chi connectivity index (χ1) is 14.2. The number of hydrogen-bond donors (Lipinski definition) is 2. The van der Waals surface area contributed by atoms with E-state index in [1.165, 1.54) is 21.3 Å². The predicted molar refractivity (Wildman–Crippen MR) is 114 cm³/mol. The molecule has 1 amide bonds. The smallest absolute Gasteiger partial charge is 0.256 e. The minimum Gasteiger partial charge on any atom is -0.336 e. The molecule has 0 unspecified atom stereocenters. The van der Waals surface area contributed by atoms with Crippen LogP contribution in [0.25, 0.3) is 11.0 Å². The topological polar surface area (TPSA) is 89.3 Å². The van der Waals surface area contributed by atoms with Crippen LogP contribution < -0.4 is 0 Å². The summed E-state index contributed by atoms with van der Waals surface area (Å²) >= 11 is 5.05. The van der Waals surface area contributed by atoms with Gasteiger partial charge in [0.2, 0.25) is 10.0 Å². The van der Waals surface area contributed by atoms with Crippen LogP contribution in [0.1, 0.15) is 21.5 Å². The summed E-state index contributed by atoms with van der Waals surface area (Å²) in [5, 5.41) is 0. The van der Waals surface area contributed by atoms with E-state index < -0.39 is 15.8 Å². The average Bonchev–Trinajstić information content (AvgIpc) is 3.06. The normalized spacial score (nSPS) is 15.6. The van der Waals surface area contributed by atoms with Gasteiger partial charge in [0.1, 0.15) is 5.82 Å². The van der Waals surface area contributed by atoms with Gasteiger partial charge in [-0.25, -0.2) is 12.8 Å². The van der Waals surface area contributed by atoms with Crippen molar-refractivity contribution in [1.29, 1.82) is 0 Å². The number of aromatic nitrogens is 2. The highest BCUT2D eigenvalue weighted by Crippen LogP contribution is 2.24. The van der Waals surface area contributed by atoms with Gasteiger partial charge in [-0.2, -0.15) is 4.31 Å². The van der Waals surface area contributed by atoms with Gasteiger partial charge < -0.3 is 14.9 Å². The number of sulfonamides is 1. The van der Waals surface area contributed by atoms with Gasteiger partial charge in [-0.3, -0.25) is 4.79 Å². The fourth-order valence-corrected chi connectivity index (χ4v) is 5.65. The summed E-state index contributed by atoms with van der Waals surface area (Å²) in [5.74, 6) is -0.916. The Kier molecular flexibility index (Phi) is 5.25. The fourth-order valence-electron chi connectivity index (χ4n) is 3.81. The Morgan fingerprint density at radius 3 is 2.43 bits per heavy atom. The van der Waals surface area contributed by atoms with E-state index in [1.807, 2.05) is 13.0 Å². The molecule has 1 aliphatic heterocycles. The van der Waals surface area contributed by atoms with Crippen molar-refractivity contribution in [2.75, 3.05) is 26.2 Å². The number of nitrogens with zero attached hydrogens (tertiary/aromatic N) is 2. The molecule has 30 heavy (non-hydrogen) atoms. The van der Waals surface area contributed by atoms with Crippen molar-refractivity contribution in [3.05, 3.63) is 57.6 Å². The monoisotopic (exact) mass is 448 g/mol. The number of aryl methyl sites for hydroxylation is 2. The Bertz CT molecular complexity index is 1310. The highest BCUT2D eigenvalue weighted by Gasteiger charge is 2.32. The lowest BCUT2D eigenvalue weighted by molar-refractivity contribution is 0.0699. The summed E-state index contributed by atoms with van der Waals surface area (Å²) in [6.07, 6.45) is 0. The van der Waals surface area contributed by atoms with E-state index >= 15 is 0 Å². The largest absolute Gasteiger partial charge is 0.336 e. The minimum atomic E-state index is -3.65. The van der Waals surface area contributed by atoms with Gasteiger partial charge in [-0.15, -0.1) is 0 Å². The lowest BCUT2D eigenvalue weighted by Crippen LogP contribution is -2.50. The van der Waals surface area contributed by atoms with Crippen molar-refractivity contribution in [1.82, 2.24) is 19.2 Å². The molecule has 4 rings (SSSR count). The first-order valence-corrected chi connectivity index (χ1v) is 11.3.